The quantitative estimate of drug-likeness (QED) is 0.751. The molecule has 1 aromatic carbocycles. The van der Waals surface area contributed by atoms with Gasteiger partial charge in [-0.1, -0.05) is 0 Å². The third-order valence-corrected chi connectivity index (χ3v) is 2.20. The third-order valence-electron chi connectivity index (χ3n) is 2.20. The van der Waals surface area contributed by atoms with Gasteiger partial charge in [0.05, 0.1) is 13.2 Å². The van der Waals surface area contributed by atoms with Crippen LogP contribution in [0.15, 0.2) is 18.2 Å². The summed E-state index contributed by atoms with van der Waals surface area (Å²) >= 11 is 0. The molecule has 76 valence electrons. The zero-order chi connectivity index (χ0) is 9.26. The van der Waals surface area contributed by atoms with Crippen LogP contribution in [-0.4, -0.2) is 18.9 Å². The lowest BCUT2D eigenvalue weighted by Gasteiger charge is -2.01. The number of nitrogens with two attached hydrogens (primary N) is 1. The molecule has 0 aromatic heterocycles. The number of rotatable bonds is 2. The van der Waals surface area contributed by atoms with E-state index >= 15 is 0 Å². The standard InChI is InChI=1S/C10H11NO2.ClH/c11-6-9(12)7-1-2-10-8(5-7)3-4-13-10;/h1-2,5H,3-4,6,11H2;1H. The van der Waals surface area contributed by atoms with Crippen LogP contribution in [-0.2, 0) is 6.42 Å². The van der Waals surface area contributed by atoms with Crippen LogP contribution in [0, 0.1) is 0 Å². The highest BCUT2D eigenvalue weighted by Gasteiger charge is 2.13. The second-order valence-electron chi connectivity index (χ2n) is 3.05. The van der Waals surface area contributed by atoms with Gasteiger partial charge in [-0.3, -0.25) is 4.79 Å². The van der Waals surface area contributed by atoms with Gasteiger partial charge in [0, 0.05) is 12.0 Å². The van der Waals surface area contributed by atoms with Crippen molar-refractivity contribution < 1.29 is 9.53 Å². The fourth-order valence-corrected chi connectivity index (χ4v) is 1.48. The van der Waals surface area contributed by atoms with E-state index in [1.54, 1.807) is 6.07 Å². The molecule has 0 atom stereocenters. The van der Waals surface area contributed by atoms with Gasteiger partial charge in [0.15, 0.2) is 5.78 Å². The third kappa shape index (κ3) is 1.89. The molecule has 14 heavy (non-hydrogen) atoms. The molecule has 0 aliphatic carbocycles. The Morgan fingerprint density at radius 2 is 2.29 bits per heavy atom. The van der Waals surface area contributed by atoms with Crippen molar-refractivity contribution in [2.45, 2.75) is 6.42 Å². The van der Waals surface area contributed by atoms with Gasteiger partial charge in [-0.05, 0) is 23.8 Å². The number of halogens is 1. The molecular weight excluding hydrogens is 202 g/mol. The van der Waals surface area contributed by atoms with E-state index in [-0.39, 0.29) is 24.7 Å². The summed E-state index contributed by atoms with van der Waals surface area (Å²) in [5, 5.41) is 0. The van der Waals surface area contributed by atoms with Crippen LogP contribution in [0.1, 0.15) is 15.9 Å². The van der Waals surface area contributed by atoms with E-state index in [1.165, 1.54) is 0 Å². The summed E-state index contributed by atoms with van der Waals surface area (Å²) in [6.45, 7) is 0.787. The first kappa shape index (κ1) is 11.0. The maximum Gasteiger partial charge on any atom is 0.176 e. The Balaban J connectivity index is 0.000000980. The van der Waals surface area contributed by atoms with Crippen molar-refractivity contribution in [2.24, 2.45) is 5.73 Å². The highest BCUT2D eigenvalue weighted by atomic mass is 35.5. The lowest BCUT2D eigenvalue weighted by molar-refractivity contribution is 0.100. The highest BCUT2D eigenvalue weighted by Crippen LogP contribution is 2.25. The molecule has 0 radical (unpaired) electrons. The molecule has 1 aliphatic rings. The topological polar surface area (TPSA) is 52.3 Å². The molecule has 2 N–H and O–H groups in total. The van der Waals surface area contributed by atoms with E-state index < -0.39 is 0 Å². The van der Waals surface area contributed by atoms with E-state index in [9.17, 15) is 4.79 Å². The molecule has 0 amide bonds. The van der Waals surface area contributed by atoms with Gasteiger partial charge in [0.2, 0.25) is 0 Å². The summed E-state index contributed by atoms with van der Waals surface area (Å²) in [4.78, 5) is 11.2. The molecule has 1 heterocycles. The summed E-state index contributed by atoms with van der Waals surface area (Å²) < 4.78 is 5.32. The number of benzene rings is 1. The van der Waals surface area contributed by atoms with Crippen LogP contribution in [0.25, 0.3) is 0 Å². The predicted molar refractivity (Wildman–Crippen MR) is 56.3 cm³/mol. The lowest BCUT2D eigenvalue weighted by atomic mass is 10.1. The molecule has 2 rings (SSSR count). The summed E-state index contributed by atoms with van der Waals surface area (Å²) in [6, 6.07) is 5.47. The van der Waals surface area contributed by atoms with Crippen LogP contribution in [0.3, 0.4) is 0 Å². The Morgan fingerprint density at radius 1 is 1.50 bits per heavy atom. The molecule has 1 aliphatic heterocycles. The molecule has 0 bridgehead atoms. The van der Waals surface area contributed by atoms with Crippen LogP contribution >= 0.6 is 12.4 Å². The van der Waals surface area contributed by atoms with Crippen LogP contribution in [0.4, 0.5) is 0 Å². The van der Waals surface area contributed by atoms with Gasteiger partial charge in [-0.2, -0.15) is 0 Å². The summed E-state index contributed by atoms with van der Waals surface area (Å²) in [5.74, 6) is 0.878. The number of carbonyl (C=O) groups is 1. The molecule has 1 aromatic rings. The van der Waals surface area contributed by atoms with E-state index in [0.29, 0.717) is 5.56 Å². The minimum absolute atomic E-state index is 0. The monoisotopic (exact) mass is 213 g/mol. The van der Waals surface area contributed by atoms with E-state index in [0.717, 1.165) is 24.3 Å². The highest BCUT2D eigenvalue weighted by molar-refractivity contribution is 5.97. The Hall–Kier alpha value is -1.06. The van der Waals surface area contributed by atoms with Crippen molar-refractivity contribution in [1.29, 1.82) is 0 Å². The van der Waals surface area contributed by atoms with E-state index in [4.69, 9.17) is 10.5 Å². The zero-order valence-corrected chi connectivity index (χ0v) is 8.47. The maximum absolute atomic E-state index is 11.2. The van der Waals surface area contributed by atoms with Crippen molar-refractivity contribution in [1.82, 2.24) is 0 Å². The number of ketones is 1. The molecule has 3 nitrogen and oxygen atoms in total. The van der Waals surface area contributed by atoms with Gasteiger partial charge >= 0.3 is 0 Å². The number of Topliss-reactive ketones (excluding diaryl/α,β-unsaturated/α-hetero) is 1. The SMILES string of the molecule is Cl.NCC(=O)c1ccc2c(c1)CCO2. The van der Waals surface area contributed by atoms with Gasteiger partial charge in [0.1, 0.15) is 5.75 Å². The number of hydrogen-bond donors (Lipinski definition) is 1. The van der Waals surface area contributed by atoms with Gasteiger partial charge < -0.3 is 10.5 Å². The van der Waals surface area contributed by atoms with Crippen molar-refractivity contribution in [3.05, 3.63) is 29.3 Å². The summed E-state index contributed by atoms with van der Waals surface area (Å²) in [6.07, 6.45) is 0.890. The average molecular weight is 214 g/mol. The number of ether oxygens (including phenoxy) is 1. The van der Waals surface area contributed by atoms with Gasteiger partial charge in [-0.25, -0.2) is 0 Å². The summed E-state index contributed by atoms with van der Waals surface area (Å²) in [7, 11) is 0. The normalized spacial score (nSPS) is 12.6. The minimum atomic E-state index is -0.0188. The average Bonchev–Trinajstić information content (AvgIpc) is 2.63. The van der Waals surface area contributed by atoms with Crippen molar-refractivity contribution in [2.75, 3.05) is 13.2 Å². The number of carbonyl (C=O) groups excluding carboxylic acids is 1. The second-order valence-corrected chi connectivity index (χ2v) is 3.05. The molecule has 0 fully saturated rings. The fourth-order valence-electron chi connectivity index (χ4n) is 1.48. The van der Waals surface area contributed by atoms with Crippen LogP contribution in [0.5, 0.6) is 5.75 Å². The van der Waals surface area contributed by atoms with Crippen LogP contribution in [0.2, 0.25) is 0 Å². The number of fused-ring (bicyclic) bond motifs is 1. The van der Waals surface area contributed by atoms with Crippen LogP contribution < -0.4 is 10.5 Å². The van der Waals surface area contributed by atoms with Gasteiger partial charge in [-0.15, -0.1) is 12.4 Å². The van der Waals surface area contributed by atoms with E-state index in [2.05, 4.69) is 0 Å². The Labute approximate surface area is 88.7 Å². The van der Waals surface area contributed by atoms with Gasteiger partial charge in [0.25, 0.3) is 0 Å². The summed E-state index contributed by atoms with van der Waals surface area (Å²) in [5.41, 5.74) is 7.07. The first-order valence-corrected chi connectivity index (χ1v) is 4.30. The smallest absolute Gasteiger partial charge is 0.176 e. The molecule has 0 unspecified atom stereocenters. The zero-order valence-electron chi connectivity index (χ0n) is 7.66. The molecule has 0 saturated heterocycles. The fraction of sp³-hybridized carbons (Fsp3) is 0.300. The molecule has 0 saturated carbocycles. The van der Waals surface area contributed by atoms with Crippen molar-refractivity contribution >= 4 is 18.2 Å². The Bertz CT molecular complexity index is 352. The first-order chi connectivity index (χ1) is 6.31. The van der Waals surface area contributed by atoms with E-state index in [1.807, 2.05) is 12.1 Å². The number of hydrogen-bond acceptors (Lipinski definition) is 3. The first-order valence-electron chi connectivity index (χ1n) is 4.30. The Morgan fingerprint density at radius 3 is 3.00 bits per heavy atom. The molecule has 0 spiro atoms. The predicted octanol–water partition coefficient (Wildman–Crippen LogP) is 1.18. The molecular formula is C10H12ClNO2. The van der Waals surface area contributed by atoms with Crippen molar-refractivity contribution in [3.8, 4) is 5.75 Å². The minimum Gasteiger partial charge on any atom is -0.493 e. The molecule has 4 heteroatoms. The second kappa shape index (κ2) is 4.44. The Kier molecular flexibility index (Phi) is 3.49. The largest absolute Gasteiger partial charge is 0.493 e. The maximum atomic E-state index is 11.2. The van der Waals surface area contributed by atoms with Crippen molar-refractivity contribution in [3.63, 3.8) is 0 Å². The lowest BCUT2D eigenvalue weighted by Crippen LogP contribution is -2.13.